The maximum atomic E-state index is 12.8. The highest BCUT2D eigenvalue weighted by atomic mass is 35.5. The first-order valence-corrected chi connectivity index (χ1v) is 10.1. The van der Waals surface area contributed by atoms with E-state index >= 15 is 0 Å². The molecule has 0 atom stereocenters. The fourth-order valence-electron chi connectivity index (χ4n) is 3.20. The van der Waals surface area contributed by atoms with Crippen LogP contribution >= 0.6 is 34.3 Å². The third-order valence-corrected chi connectivity index (χ3v) is 7.27. The molecular weight excluding hydrogens is 390 g/mol. The van der Waals surface area contributed by atoms with E-state index in [-0.39, 0.29) is 5.91 Å². The van der Waals surface area contributed by atoms with Crippen LogP contribution in [0, 0.1) is 0 Å². The van der Waals surface area contributed by atoms with Crippen molar-refractivity contribution in [3.8, 4) is 0 Å². The lowest BCUT2D eigenvalue weighted by Gasteiger charge is -2.22. The lowest BCUT2D eigenvalue weighted by Crippen LogP contribution is -2.27. The Morgan fingerprint density at radius 3 is 2.77 bits per heavy atom. The lowest BCUT2D eigenvalue weighted by molar-refractivity contribution is 0.1000. The number of nitrogens with one attached hydrogen (secondary N) is 1. The zero-order chi connectivity index (χ0) is 18.4. The first-order chi connectivity index (χ1) is 12.5. The van der Waals surface area contributed by atoms with Crippen LogP contribution in [0.1, 0.15) is 30.5 Å². The molecule has 0 saturated carbocycles. The molecule has 5 nitrogen and oxygen atoms in total. The topological polar surface area (TPSA) is 75.4 Å². The van der Waals surface area contributed by atoms with Crippen molar-refractivity contribution < 1.29 is 9.59 Å². The number of carbonyl (C=O) groups excluding carboxylic acids is 2. The minimum atomic E-state index is -0.509. The SMILES string of the molecule is CN1CCc2c(sc(NC(=O)c3sc4ccccc4c3Cl)c2C(N)=O)C1. The minimum Gasteiger partial charge on any atom is -0.365 e. The number of hydrogen-bond donors (Lipinski definition) is 2. The zero-order valence-electron chi connectivity index (χ0n) is 14.0. The molecule has 4 rings (SSSR count). The van der Waals surface area contributed by atoms with Gasteiger partial charge in [0.2, 0.25) is 0 Å². The number of carbonyl (C=O) groups is 2. The van der Waals surface area contributed by atoms with Crippen LogP contribution in [-0.2, 0) is 13.0 Å². The summed E-state index contributed by atoms with van der Waals surface area (Å²) in [5.41, 5.74) is 6.99. The molecule has 0 saturated heterocycles. The van der Waals surface area contributed by atoms with Crippen LogP contribution in [0.25, 0.3) is 10.1 Å². The van der Waals surface area contributed by atoms with E-state index in [1.54, 1.807) is 0 Å². The summed E-state index contributed by atoms with van der Waals surface area (Å²) in [6.45, 7) is 1.61. The van der Waals surface area contributed by atoms with E-state index in [0.29, 0.717) is 20.5 Å². The van der Waals surface area contributed by atoms with Gasteiger partial charge in [0.15, 0.2) is 0 Å². The smallest absolute Gasteiger partial charge is 0.267 e. The fourth-order valence-corrected chi connectivity index (χ4v) is 5.94. The van der Waals surface area contributed by atoms with Crippen LogP contribution in [-0.4, -0.2) is 30.3 Å². The number of amides is 2. The van der Waals surface area contributed by atoms with E-state index in [4.69, 9.17) is 17.3 Å². The van der Waals surface area contributed by atoms with Crippen molar-refractivity contribution in [3.05, 3.63) is 50.2 Å². The highest BCUT2D eigenvalue weighted by molar-refractivity contribution is 7.22. The quantitative estimate of drug-likeness (QED) is 0.692. The first-order valence-electron chi connectivity index (χ1n) is 8.07. The molecule has 3 aromatic rings. The molecule has 1 aromatic carbocycles. The molecule has 3 N–H and O–H groups in total. The second kappa shape index (κ2) is 6.66. The summed E-state index contributed by atoms with van der Waals surface area (Å²) in [6, 6.07) is 7.61. The maximum absolute atomic E-state index is 12.8. The average Bonchev–Trinajstić information content (AvgIpc) is 3.12. The van der Waals surface area contributed by atoms with Gasteiger partial charge in [-0.3, -0.25) is 9.59 Å². The second-order valence-electron chi connectivity index (χ2n) is 6.26. The Labute approximate surface area is 163 Å². The summed E-state index contributed by atoms with van der Waals surface area (Å²) in [4.78, 5) is 28.5. The minimum absolute atomic E-state index is 0.314. The van der Waals surface area contributed by atoms with Gasteiger partial charge in [-0.2, -0.15) is 0 Å². The van der Waals surface area contributed by atoms with E-state index in [0.717, 1.165) is 40.0 Å². The van der Waals surface area contributed by atoms with Crippen molar-refractivity contribution in [1.82, 2.24) is 4.90 Å². The molecule has 2 amide bonds. The molecule has 0 aliphatic carbocycles. The number of benzene rings is 1. The molecule has 8 heteroatoms. The van der Waals surface area contributed by atoms with Crippen molar-refractivity contribution in [2.24, 2.45) is 5.73 Å². The number of fused-ring (bicyclic) bond motifs is 2. The van der Waals surface area contributed by atoms with Crippen molar-refractivity contribution in [2.75, 3.05) is 18.9 Å². The molecule has 134 valence electrons. The Morgan fingerprint density at radius 1 is 1.27 bits per heavy atom. The van der Waals surface area contributed by atoms with Gasteiger partial charge in [0.1, 0.15) is 9.88 Å². The molecule has 0 unspecified atom stereocenters. The van der Waals surface area contributed by atoms with Gasteiger partial charge in [-0.15, -0.1) is 22.7 Å². The lowest BCUT2D eigenvalue weighted by atomic mass is 10.0. The summed E-state index contributed by atoms with van der Waals surface area (Å²) in [5, 5.41) is 4.67. The summed E-state index contributed by atoms with van der Waals surface area (Å²) in [5.74, 6) is -0.824. The number of hydrogen-bond acceptors (Lipinski definition) is 5. The highest BCUT2D eigenvalue weighted by Gasteiger charge is 2.27. The molecule has 0 bridgehead atoms. The number of rotatable bonds is 3. The highest BCUT2D eigenvalue weighted by Crippen LogP contribution is 2.39. The normalized spacial score (nSPS) is 14.4. The van der Waals surface area contributed by atoms with Gasteiger partial charge in [0.05, 0.1) is 10.6 Å². The zero-order valence-corrected chi connectivity index (χ0v) is 16.4. The summed E-state index contributed by atoms with van der Waals surface area (Å²) in [7, 11) is 2.03. The molecular formula is C18H16ClN3O2S2. The van der Waals surface area contributed by atoms with Crippen molar-refractivity contribution in [1.29, 1.82) is 0 Å². The predicted molar refractivity (Wildman–Crippen MR) is 108 cm³/mol. The summed E-state index contributed by atoms with van der Waals surface area (Å²) in [6.07, 6.45) is 0.750. The number of nitrogens with two attached hydrogens (primary N) is 1. The molecule has 1 aliphatic heterocycles. The van der Waals surface area contributed by atoms with Gasteiger partial charge >= 0.3 is 0 Å². The molecule has 0 radical (unpaired) electrons. The number of nitrogens with zero attached hydrogens (tertiary/aromatic N) is 1. The average molecular weight is 406 g/mol. The third kappa shape index (κ3) is 2.91. The number of halogens is 1. The van der Waals surface area contributed by atoms with E-state index in [1.807, 2.05) is 31.3 Å². The Kier molecular flexibility index (Phi) is 4.48. The Hall–Kier alpha value is -1.93. The van der Waals surface area contributed by atoms with E-state index < -0.39 is 5.91 Å². The molecule has 26 heavy (non-hydrogen) atoms. The predicted octanol–water partition coefficient (Wildman–Crippen LogP) is 3.96. The van der Waals surface area contributed by atoms with Crippen LogP contribution in [0.3, 0.4) is 0 Å². The van der Waals surface area contributed by atoms with Crippen LogP contribution in [0.2, 0.25) is 5.02 Å². The summed E-state index contributed by atoms with van der Waals surface area (Å²) < 4.78 is 0.949. The number of anilines is 1. The molecule has 1 aliphatic rings. The third-order valence-electron chi connectivity index (χ3n) is 4.46. The van der Waals surface area contributed by atoms with Crippen LogP contribution < -0.4 is 11.1 Å². The van der Waals surface area contributed by atoms with Crippen molar-refractivity contribution in [2.45, 2.75) is 13.0 Å². The number of thiophene rings is 2. The number of likely N-dealkylation sites (N-methyl/N-ethyl adjacent to an activating group) is 1. The molecule has 0 fully saturated rings. The van der Waals surface area contributed by atoms with Crippen LogP contribution in [0.15, 0.2) is 24.3 Å². The number of primary amides is 1. The molecule has 0 spiro atoms. The van der Waals surface area contributed by atoms with Gasteiger partial charge in [-0.25, -0.2) is 0 Å². The van der Waals surface area contributed by atoms with Gasteiger partial charge in [-0.1, -0.05) is 29.8 Å². The van der Waals surface area contributed by atoms with Crippen LogP contribution in [0.4, 0.5) is 5.00 Å². The maximum Gasteiger partial charge on any atom is 0.267 e. The monoisotopic (exact) mass is 405 g/mol. The molecule has 3 heterocycles. The van der Waals surface area contributed by atoms with Crippen LogP contribution in [0.5, 0.6) is 0 Å². The Balaban J connectivity index is 1.71. The molecule has 2 aromatic heterocycles. The Morgan fingerprint density at radius 2 is 2.04 bits per heavy atom. The van der Waals surface area contributed by atoms with E-state index in [2.05, 4.69) is 10.2 Å². The largest absolute Gasteiger partial charge is 0.365 e. The second-order valence-corrected chi connectivity index (χ2v) is 8.79. The summed E-state index contributed by atoms with van der Waals surface area (Å²) >= 11 is 9.15. The van der Waals surface area contributed by atoms with Crippen molar-refractivity contribution >= 4 is 61.2 Å². The fraction of sp³-hybridized carbons (Fsp3) is 0.222. The first kappa shape index (κ1) is 17.5. The van der Waals surface area contributed by atoms with E-state index in [1.165, 1.54) is 22.7 Å². The van der Waals surface area contributed by atoms with Gasteiger partial charge in [0.25, 0.3) is 11.8 Å². The van der Waals surface area contributed by atoms with Gasteiger partial charge < -0.3 is 16.0 Å². The Bertz CT molecular complexity index is 1040. The van der Waals surface area contributed by atoms with E-state index in [9.17, 15) is 9.59 Å². The van der Waals surface area contributed by atoms with Gasteiger partial charge in [-0.05, 0) is 25.1 Å². The standard InChI is InChI=1S/C18H16ClN3O2S2/c1-22-7-6-9-12(8-22)26-18(13(9)16(20)23)21-17(24)15-14(19)10-4-2-3-5-11(10)25-15/h2-5H,6-8H2,1H3,(H2,20,23)(H,21,24). The van der Waals surface area contributed by atoms with Crippen molar-refractivity contribution in [3.63, 3.8) is 0 Å². The van der Waals surface area contributed by atoms with Gasteiger partial charge in [0, 0.05) is 28.1 Å².